The van der Waals surface area contributed by atoms with Crippen molar-refractivity contribution in [2.24, 2.45) is 0 Å². The van der Waals surface area contributed by atoms with Crippen molar-refractivity contribution in [2.75, 3.05) is 19.5 Å². The van der Waals surface area contributed by atoms with Crippen molar-refractivity contribution >= 4 is 17.5 Å². The van der Waals surface area contributed by atoms with E-state index in [1.807, 2.05) is 0 Å². The van der Waals surface area contributed by atoms with Gasteiger partial charge in [0.1, 0.15) is 11.5 Å². The molecule has 7 heteroatoms. The van der Waals surface area contributed by atoms with Crippen LogP contribution in [0.15, 0.2) is 18.2 Å². The predicted molar refractivity (Wildman–Crippen MR) is 93.9 cm³/mol. The van der Waals surface area contributed by atoms with Crippen LogP contribution in [0.25, 0.3) is 0 Å². The summed E-state index contributed by atoms with van der Waals surface area (Å²) in [7, 11) is 3.11. The molecular formula is C18H25N3O4. The molecule has 1 saturated heterocycles. The number of carbonyl (C=O) groups is 2. The minimum absolute atomic E-state index is 0.0918. The Bertz CT molecular complexity index is 627. The van der Waals surface area contributed by atoms with Crippen LogP contribution in [-0.4, -0.2) is 44.2 Å². The third-order valence-corrected chi connectivity index (χ3v) is 4.85. The Balaban J connectivity index is 1.61. The van der Waals surface area contributed by atoms with E-state index in [0.717, 1.165) is 25.7 Å². The number of amides is 2. The SMILES string of the molecule is COc1cc(NC(=O)C[C@@H]2N[C@@H]3CCCC[C@@H]3NC2=O)cc(OC)c1. The number of rotatable bonds is 5. The topological polar surface area (TPSA) is 88.7 Å². The van der Waals surface area contributed by atoms with Crippen molar-refractivity contribution in [1.29, 1.82) is 0 Å². The second-order valence-corrected chi connectivity index (χ2v) is 6.58. The van der Waals surface area contributed by atoms with Gasteiger partial charge in [-0.25, -0.2) is 0 Å². The molecule has 0 radical (unpaired) electrons. The highest BCUT2D eigenvalue weighted by molar-refractivity contribution is 5.96. The molecular weight excluding hydrogens is 322 g/mol. The van der Waals surface area contributed by atoms with Gasteiger partial charge >= 0.3 is 0 Å². The van der Waals surface area contributed by atoms with Crippen LogP contribution in [-0.2, 0) is 9.59 Å². The number of methoxy groups -OCH3 is 2. The van der Waals surface area contributed by atoms with E-state index in [2.05, 4.69) is 16.0 Å². The summed E-state index contributed by atoms with van der Waals surface area (Å²) < 4.78 is 10.4. The molecule has 3 rings (SSSR count). The Kier molecular flexibility index (Phi) is 5.43. The molecule has 3 atom stereocenters. The third kappa shape index (κ3) is 4.22. The molecule has 1 aliphatic heterocycles. The number of benzene rings is 1. The van der Waals surface area contributed by atoms with Crippen LogP contribution >= 0.6 is 0 Å². The number of ether oxygens (including phenoxy) is 2. The van der Waals surface area contributed by atoms with Gasteiger partial charge in [0.05, 0.1) is 26.7 Å². The van der Waals surface area contributed by atoms with E-state index < -0.39 is 6.04 Å². The van der Waals surface area contributed by atoms with Crippen LogP contribution in [0.3, 0.4) is 0 Å². The Labute approximate surface area is 147 Å². The second kappa shape index (κ2) is 7.74. The molecule has 0 aromatic heterocycles. The summed E-state index contributed by atoms with van der Waals surface area (Å²) in [6.07, 6.45) is 4.44. The minimum Gasteiger partial charge on any atom is -0.497 e. The highest BCUT2D eigenvalue weighted by Crippen LogP contribution is 2.26. The predicted octanol–water partition coefficient (Wildman–Crippen LogP) is 1.43. The molecule has 1 heterocycles. The maximum absolute atomic E-state index is 12.4. The first-order chi connectivity index (χ1) is 12.1. The van der Waals surface area contributed by atoms with E-state index in [1.165, 1.54) is 0 Å². The highest BCUT2D eigenvalue weighted by atomic mass is 16.5. The van der Waals surface area contributed by atoms with Crippen molar-refractivity contribution in [1.82, 2.24) is 10.6 Å². The molecule has 25 heavy (non-hydrogen) atoms. The van der Waals surface area contributed by atoms with Crippen molar-refractivity contribution in [3.05, 3.63) is 18.2 Å². The number of hydrogen-bond acceptors (Lipinski definition) is 5. The minimum atomic E-state index is -0.494. The number of fused-ring (bicyclic) bond motifs is 1. The average molecular weight is 347 g/mol. The number of carbonyl (C=O) groups excluding carboxylic acids is 2. The van der Waals surface area contributed by atoms with E-state index >= 15 is 0 Å². The molecule has 1 aromatic rings. The summed E-state index contributed by atoms with van der Waals surface area (Å²) >= 11 is 0. The molecule has 7 nitrogen and oxygen atoms in total. The molecule has 3 N–H and O–H groups in total. The first-order valence-corrected chi connectivity index (χ1v) is 8.68. The van der Waals surface area contributed by atoms with Crippen LogP contribution in [0.5, 0.6) is 11.5 Å². The summed E-state index contributed by atoms with van der Waals surface area (Å²) in [4.78, 5) is 24.6. The van der Waals surface area contributed by atoms with Crippen molar-refractivity contribution < 1.29 is 19.1 Å². The summed E-state index contributed by atoms with van der Waals surface area (Å²) in [5, 5.41) is 9.21. The van der Waals surface area contributed by atoms with E-state index in [4.69, 9.17) is 9.47 Å². The number of anilines is 1. The molecule has 1 aliphatic carbocycles. The van der Waals surface area contributed by atoms with Gasteiger partial charge in [0, 0.05) is 36.0 Å². The van der Waals surface area contributed by atoms with Gasteiger partial charge in [-0.2, -0.15) is 0 Å². The molecule has 136 valence electrons. The van der Waals surface area contributed by atoms with E-state index in [-0.39, 0.29) is 30.3 Å². The Morgan fingerprint density at radius 1 is 1.12 bits per heavy atom. The lowest BCUT2D eigenvalue weighted by Crippen LogP contribution is -2.65. The van der Waals surface area contributed by atoms with Gasteiger partial charge in [-0.05, 0) is 12.8 Å². The van der Waals surface area contributed by atoms with Crippen LogP contribution in [0.2, 0.25) is 0 Å². The summed E-state index contributed by atoms with van der Waals surface area (Å²) in [6.45, 7) is 0. The van der Waals surface area contributed by atoms with E-state index in [1.54, 1.807) is 32.4 Å². The summed E-state index contributed by atoms with van der Waals surface area (Å²) in [6, 6.07) is 5.13. The highest BCUT2D eigenvalue weighted by Gasteiger charge is 2.36. The van der Waals surface area contributed by atoms with Crippen molar-refractivity contribution in [3.63, 3.8) is 0 Å². The lowest BCUT2D eigenvalue weighted by Gasteiger charge is -2.40. The van der Waals surface area contributed by atoms with Crippen LogP contribution in [0, 0.1) is 0 Å². The third-order valence-electron chi connectivity index (χ3n) is 4.85. The lowest BCUT2D eigenvalue weighted by atomic mass is 9.87. The smallest absolute Gasteiger partial charge is 0.237 e. The molecule has 2 aliphatic rings. The molecule has 0 spiro atoms. The average Bonchev–Trinajstić information content (AvgIpc) is 2.61. The zero-order valence-corrected chi connectivity index (χ0v) is 14.6. The fourth-order valence-electron chi connectivity index (χ4n) is 3.55. The Morgan fingerprint density at radius 3 is 2.40 bits per heavy atom. The molecule has 1 saturated carbocycles. The van der Waals surface area contributed by atoms with Crippen molar-refractivity contribution in [2.45, 2.75) is 50.2 Å². The summed E-state index contributed by atoms with van der Waals surface area (Å²) in [5.74, 6) is 0.861. The van der Waals surface area contributed by atoms with Gasteiger partial charge in [0.2, 0.25) is 11.8 Å². The molecule has 2 amide bonds. The lowest BCUT2D eigenvalue weighted by molar-refractivity contribution is -0.129. The zero-order chi connectivity index (χ0) is 17.8. The molecule has 2 fully saturated rings. The van der Waals surface area contributed by atoms with Gasteiger partial charge in [-0.3, -0.25) is 9.59 Å². The first kappa shape index (κ1) is 17.5. The Hall–Kier alpha value is -2.28. The van der Waals surface area contributed by atoms with Gasteiger partial charge in [-0.1, -0.05) is 12.8 Å². The number of piperazine rings is 1. The standard InChI is InChI=1S/C18H25N3O4/c1-24-12-7-11(8-13(9-12)25-2)19-17(22)10-16-18(23)21-15-6-4-3-5-14(15)20-16/h7-9,14-16,20H,3-6,10H2,1-2H3,(H,19,22)(H,21,23)/t14-,15+,16+/m1/s1. The monoisotopic (exact) mass is 347 g/mol. The maximum atomic E-state index is 12.4. The summed E-state index contributed by atoms with van der Waals surface area (Å²) in [5.41, 5.74) is 0.577. The van der Waals surface area contributed by atoms with Crippen LogP contribution < -0.4 is 25.4 Å². The van der Waals surface area contributed by atoms with Gasteiger partial charge in [0.25, 0.3) is 0 Å². The fraction of sp³-hybridized carbons (Fsp3) is 0.556. The molecule has 0 bridgehead atoms. The van der Waals surface area contributed by atoms with Crippen LogP contribution in [0.1, 0.15) is 32.1 Å². The normalized spacial score (nSPS) is 25.5. The maximum Gasteiger partial charge on any atom is 0.237 e. The van der Waals surface area contributed by atoms with Gasteiger partial charge in [-0.15, -0.1) is 0 Å². The Morgan fingerprint density at radius 2 is 1.76 bits per heavy atom. The van der Waals surface area contributed by atoms with Gasteiger partial charge in [0.15, 0.2) is 0 Å². The van der Waals surface area contributed by atoms with Crippen molar-refractivity contribution in [3.8, 4) is 11.5 Å². The quantitative estimate of drug-likeness (QED) is 0.750. The number of nitrogens with one attached hydrogen (secondary N) is 3. The molecule has 0 unspecified atom stereocenters. The largest absolute Gasteiger partial charge is 0.497 e. The second-order valence-electron chi connectivity index (χ2n) is 6.58. The zero-order valence-electron chi connectivity index (χ0n) is 14.6. The van der Waals surface area contributed by atoms with E-state index in [9.17, 15) is 9.59 Å². The first-order valence-electron chi connectivity index (χ1n) is 8.68. The van der Waals surface area contributed by atoms with E-state index in [0.29, 0.717) is 17.2 Å². The molecule has 1 aromatic carbocycles. The number of hydrogen-bond donors (Lipinski definition) is 3. The van der Waals surface area contributed by atoms with Crippen LogP contribution in [0.4, 0.5) is 5.69 Å². The van der Waals surface area contributed by atoms with Gasteiger partial charge < -0.3 is 25.4 Å². The fourth-order valence-corrected chi connectivity index (χ4v) is 3.55.